The third-order valence-electron chi connectivity index (χ3n) is 3.49. The first-order chi connectivity index (χ1) is 9.70. The van der Waals surface area contributed by atoms with E-state index in [1.54, 1.807) is 19.5 Å². The van der Waals surface area contributed by atoms with E-state index in [1.165, 1.54) is 5.56 Å². The molecule has 0 spiro atoms. The van der Waals surface area contributed by atoms with Crippen LogP contribution in [0.4, 0.5) is 0 Å². The Morgan fingerprint density at radius 2 is 1.70 bits per heavy atom. The molecule has 0 aliphatic carbocycles. The molecule has 20 heavy (non-hydrogen) atoms. The summed E-state index contributed by atoms with van der Waals surface area (Å²) in [6, 6.07) is 7.86. The molecule has 0 aliphatic rings. The number of ether oxygens (including phenoxy) is 1. The van der Waals surface area contributed by atoms with E-state index in [1.807, 2.05) is 18.2 Å². The first-order valence-corrected chi connectivity index (χ1v) is 6.43. The van der Waals surface area contributed by atoms with Crippen LogP contribution in [0.15, 0.2) is 36.7 Å². The number of hydrogen-bond donors (Lipinski definition) is 0. The van der Waals surface area contributed by atoms with Crippen molar-refractivity contribution in [1.82, 2.24) is 15.0 Å². The lowest BCUT2D eigenvalue weighted by atomic mass is 10.1. The van der Waals surface area contributed by atoms with Crippen LogP contribution in [-0.4, -0.2) is 22.1 Å². The van der Waals surface area contributed by atoms with Crippen LogP contribution >= 0.6 is 0 Å². The SMILES string of the molecule is COc1nc(-c2ccncc2)nc2c(C)c(C)ccc12. The van der Waals surface area contributed by atoms with E-state index in [-0.39, 0.29) is 0 Å². The fraction of sp³-hybridized carbons (Fsp3) is 0.188. The second kappa shape index (κ2) is 4.89. The van der Waals surface area contributed by atoms with E-state index in [2.05, 4.69) is 29.9 Å². The summed E-state index contributed by atoms with van der Waals surface area (Å²) in [6.45, 7) is 4.15. The number of hydrogen-bond acceptors (Lipinski definition) is 4. The Kier molecular flexibility index (Phi) is 3.06. The number of nitrogens with zero attached hydrogens (tertiary/aromatic N) is 3. The van der Waals surface area contributed by atoms with E-state index in [4.69, 9.17) is 9.72 Å². The van der Waals surface area contributed by atoms with Crippen LogP contribution in [0.5, 0.6) is 5.88 Å². The topological polar surface area (TPSA) is 47.9 Å². The predicted molar refractivity (Wildman–Crippen MR) is 78.8 cm³/mol. The molecule has 0 radical (unpaired) electrons. The van der Waals surface area contributed by atoms with Crippen LogP contribution in [0.1, 0.15) is 11.1 Å². The average molecular weight is 265 g/mol. The number of aryl methyl sites for hydroxylation is 2. The zero-order valence-corrected chi connectivity index (χ0v) is 11.7. The third kappa shape index (κ3) is 1.99. The van der Waals surface area contributed by atoms with Gasteiger partial charge in [0.15, 0.2) is 5.82 Å². The van der Waals surface area contributed by atoms with Crippen molar-refractivity contribution >= 4 is 10.9 Å². The third-order valence-corrected chi connectivity index (χ3v) is 3.49. The van der Waals surface area contributed by atoms with Gasteiger partial charge in [-0.15, -0.1) is 0 Å². The zero-order valence-electron chi connectivity index (χ0n) is 11.7. The highest BCUT2D eigenvalue weighted by atomic mass is 16.5. The molecule has 3 aromatic rings. The van der Waals surface area contributed by atoms with Gasteiger partial charge in [0, 0.05) is 18.0 Å². The Labute approximate surface area is 117 Å². The highest BCUT2D eigenvalue weighted by Gasteiger charge is 2.12. The first-order valence-electron chi connectivity index (χ1n) is 6.43. The maximum Gasteiger partial charge on any atom is 0.224 e. The van der Waals surface area contributed by atoms with Crippen LogP contribution in [0.25, 0.3) is 22.3 Å². The molecule has 0 fully saturated rings. The zero-order chi connectivity index (χ0) is 14.1. The van der Waals surface area contributed by atoms with Gasteiger partial charge in [-0.1, -0.05) is 6.07 Å². The van der Waals surface area contributed by atoms with Gasteiger partial charge >= 0.3 is 0 Å². The highest BCUT2D eigenvalue weighted by molar-refractivity contribution is 5.88. The van der Waals surface area contributed by atoms with Gasteiger partial charge in [0.05, 0.1) is 18.0 Å². The number of fused-ring (bicyclic) bond motifs is 1. The van der Waals surface area contributed by atoms with Crippen molar-refractivity contribution in [1.29, 1.82) is 0 Å². The molecule has 0 saturated heterocycles. The lowest BCUT2D eigenvalue weighted by molar-refractivity contribution is 0.403. The van der Waals surface area contributed by atoms with Crippen molar-refractivity contribution in [3.8, 4) is 17.3 Å². The molecule has 0 bridgehead atoms. The minimum atomic E-state index is 0.602. The van der Waals surface area contributed by atoms with Crippen molar-refractivity contribution in [2.75, 3.05) is 7.11 Å². The minimum absolute atomic E-state index is 0.602. The average Bonchev–Trinajstić information content (AvgIpc) is 2.51. The van der Waals surface area contributed by atoms with Gasteiger partial charge in [0.25, 0.3) is 0 Å². The molecule has 2 aromatic heterocycles. The van der Waals surface area contributed by atoms with Crippen molar-refractivity contribution in [3.05, 3.63) is 47.8 Å². The van der Waals surface area contributed by atoms with Crippen molar-refractivity contribution < 1.29 is 4.74 Å². The van der Waals surface area contributed by atoms with Gasteiger partial charge in [0.2, 0.25) is 5.88 Å². The second-order valence-electron chi connectivity index (χ2n) is 4.70. The first kappa shape index (κ1) is 12.5. The maximum atomic E-state index is 5.42. The minimum Gasteiger partial charge on any atom is -0.480 e. The molecule has 4 heteroatoms. The summed E-state index contributed by atoms with van der Waals surface area (Å²) < 4.78 is 5.42. The van der Waals surface area contributed by atoms with Crippen LogP contribution in [0.3, 0.4) is 0 Å². The van der Waals surface area contributed by atoms with Gasteiger partial charge < -0.3 is 4.74 Å². The molecule has 0 amide bonds. The normalized spacial score (nSPS) is 10.8. The number of pyridine rings is 1. The molecule has 0 N–H and O–H groups in total. The van der Waals surface area contributed by atoms with Gasteiger partial charge in [-0.25, -0.2) is 4.98 Å². The number of methoxy groups -OCH3 is 1. The summed E-state index contributed by atoms with van der Waals surface area (Å²) in [6.07, 6.45) is 3.47. The second-order valence-corrected chi connectivity index (χ2v) is 4.70. The largest absolute Gasteiger partial charge is 0.480 e. The highest BCUT2D eigenvalue weighted by Crippen LogP contribution is 2.29. The van der Waals surface area contributed by atoms with Crippen molar-refractivity contribution in [2.45, 2.75) is 13.8 Å². The Morgan fingerprint density at radius 3 is 2.40 bits per heavy atom. The molecule has 2 heterocycles. The number of rotatable bonds is 2. The van der Waals surface area contributed by atoms with Gasteiger partial charge in [-0.3, -0.25) is 4.98 Å². The molecular formula is C16H15N3O. The summed E-state index contributed by atoms with van der Waals surface area (Å²) in [7, 11) is 1.63. The molecule has 0 saturated carbocycles. The van der Waals surface area contributed by atoms with Gasteiger partial charge in [-0.05, 0) is 43.2 Å². The molecule has 4 nitrogen and oxygen atoms in total. The Hall–Kier alpha value is -2.49. The molecular weight excluding hydrogens is 250 g/mol. The summed E-state index contributed by atoms with van der Waals surface area (Å²) in [4.78, 5) is 13.2. The monoisotopic (exact) mass is 265 g/mol. The lowest BCUT2D eigenvalue weighted by Gasteiger charge is -2.10. The van der Waals surface area contributed by atoms with E-state index in [0.29, 0.717) is 11.7 Å². The Morgan fingerprint density at radius 1 is 0.950 bits per heavy atom. The Bertz CT molecular complexity index is 770. The summed E-state index contributed by atoms with van der Waals surface area (Å²) in [5, 5.41) is 0.938. The molecule has 0 unspecified atom stereocenters. The van der Waals surface area contributed by atoms with Crippen LogP contribution < -0.4 is 4.74 Å². The fourth-order valence-corrected chi connectivity index (χ4v) is 2.19. The summed E-state index contributed by atoms with van der Waals surface area (Å²) in [5.74, 6) is 1.26. The quantitative estimate of drug-likeness (QED) is 0.713. The van der Waals surface area contributed by atoms with E-state index < -0.39 is 0 Å². The standard InChI is InChI=1S/C16H15N3O/c1-10-4-5-13-14(11(10)2)18-15(19-16(13)20-3)12-6-8-17-9-7-12/h4-9H,1-3H3. The maximum absolute atomic E-state index is 5.42. The predicted octanol–water partition coefficient (Wildman–Crippen LogP) is 3.32. The summed E-state index contributed by atoms with van der Waals surface area (Å²) >= 11 is 0. The number of aromatic nitrogens is 3. The molecule has 0 aliphatic heterocycles. The summed E-state index contributed by atoms with van der Waals surface area (Å²) in [5.41, 5.74) is 4.22. The smallest absolute Gasteiger partial charge is 0.224 e. The molecule has 3 rings (SSSR count). The fourth-order valence-electron chi connectivity index (χ4n) is 2.19. The molecule has 100 valence electrons. The van der Waals surface area contributed by atoms with Crippen LogP contribution in [0, 0.1) is 13.8 Å². The number of benzene rings is 1. The molecule has 1 aromatic carbocycles. The van der Waals surface area contributed by atoms with E-state index >= 15 is 0 Å². The van der Waals surface area contributed by atoms with Crippen molar-refractivity contribution in [3.63, 3.8) is 0 Å². The van der Waals surface area contributed by atoms with Gasteiger partial charge in [0.1, 0.15) is 0 Å². The lowest BCUT2D eigenvalue weighted by Crippen LogP contribution is -1.98. The van der Waals surface area contributed by atoms with Crippen molar-refractivity contribution in [2.24, 2.45) is 0 Å². The molecule has 0 atom stereocenters. The Balaban J connectivity index is 2.33. The van der Waals surface area contributed by atoms with Gasteiger partial charge in [-0.2, -0.15) is 4.98 Å². The van der Waals surface area contributed by atoms with E-state index in [9.17, 15) is 0 Å². The van der Waals surface area contributed by atoms with E-state index in [0.717, 1.165) is 22.0 Å². The van der Waals surface area contributed by atoms with Crippen LogP contribution in [0.2, 0.25) is 0 Å². The van der Waals surface area contributed by atoms with Crippen LogP contribution in [-0.2, 0) is 0 Å².